The normalized spacial score (nSPS) is 29.1. The molecule has 4 atom stereocenters. The molecule has 27 heavy (non-hydrogen) atoms. The molecule has 6 heteroatoms. The Labute approximate surface area is 162 Å². The van der Waals surface area contributed by atoms with Gasteiger partial charge in [-0.05, 0) is 51.3 Å². The monoisotopic (exact) mass is 376 g/mol. The van der Waals surface area contributed by atoms with Gasteiger partial charge in [-0.3, -0.25) is 14.8 Å². The molecule has 0 bridgehead atoms. The first-order valence-electron chi connectivity index (χ1n) is 10.1. The van der Waals surface area contributed by atoms with Crippen molar-refractivity contribution in [3.05, 3.63) is 42.0 Å². The zero-order chi connectivity index (χ0) is 19.4. The molecule has 0 spiro atoms. The van der Waals surface area contributed by atoms with Gasteiger partial charge in [0.25, 0.3) is 0 Å². The van der Waals surface area contributed by atoms with E-state index < -0.39 is 5.41 Å². The fourth-order valence-corrected chi connectivity index (χ4v) is 4.38. The Morgan fingerprint density at radius 2 is 2.04 bits per heavy atom. The zero-order valence-electron chi connectivity index (χ0n) is 16.5. The zero-order valence-corrected chi connectivity index (χ0v) is 16.5. The van der Waals surface area contributed by atoms with E-state index in [2.05, 4.69) is 20.9 Å². The van der Waals surface area contributed by atoms with Crippen LogP contribution >= 0.6 is 0 Å². The highest BCUT2D eigenvalue weighted by Gasteiger charge is 2.51. The van der Waals surface area contributed by atoms with Crippen molar-refractivity contribution in [3.63, 3.8) is 0 Å². The number of halogens is 1. The molecular weight excluding hydrogens is 343 g/mol. The third-order valence-corrected chi connectivity index (χ3v) is 6.48. The van der Waals surface area contributed by atoms with Crippen molar-refractivity contribution in [2.24, 2.45) is 11.1 Å². The summed E-state index contributed by atoms with van der Waals surface area (Å²) in [5, 5.41) is 9.12. The number of unbranched alkanes of at least 4 members (excludes halogenated alkanes) is 1. The van der Waals surface area contributed by atoms with Gasteiger partial charge in [-0.15, -0.1) is 0 Å². The summed E-state index contributed by atoms with van der Waals surface area (Å²) in [4.78, 5) is 9.43. The van der Waals surface area contributed by atoms with Crippen LogP contribution in [0.15, 0.2) is 36.3 Å². The van der Waals surface area contributed by atoms with Crippen molar-refractivity contribution in [1.82, 2.24) is 14.8 Å². The molecule has 1 fully saturated rings. The first kappa shape index (κ1) is 20.4. The van der Waals surface area contributed by atoms with Crippen LogP contribution in [0.3, 0.4) is 0 Å². The van der Waals surface area contributed by atoms with Crippen molar-refractivity contribution >= 4 is 0 Å². The van der Waals surface area contributed by atoms with E-state index in [-0.39, 0.29) is 30.6 Å². The van der Waals surface area contributed by atoms with Crippen LogP contribution in [-0.4, -0.2) is 64.8 Å². The molecule has 2 unspecified atom stereocenters. The molecule has 1 aliphatic carbocycles. The lowest BCUT2D eigenvalue weighted by molar-refractivity contribution is 0.0134. The van der Waals surface area contributed by atoms with E-state index in [0.717, 1.165) is 51.1 Å². The fourth-order valence-electron chi connectivity index (χ4n) is 4.38. The molecule has 1 saturated heterocycles. The number of rotatable bonds is 8. The van der Waals surface area contributed by atoms with Gasteiger partial charge in [0, 0.05) is 51.1 Å². The first-order chi connectivity index (χ1) is 13.0. The number of hydrogen-bond acceptors (Lipinski definition) is 5. The minimum absolute atomic E-state index is 0.0692. The Balaban J connectivity index is 1.64. The van der Waals surface area contributed by atoms with Gasteiger partial charge in [0.05, 0.1) is 17.2 Å². The number of hydrogen-bond donors (Lipinski definition) is 2. The molecule has 0 aromatic carbocycles. The van der Waals surface area contributed by atoms with Gasteiger partial charge in [0.2, 0.25) is 0 Å². The molecule has 150 valence electrons. The second-order valence-corrected chi connectivity index (χ2v) is 8.09. The number of aliphatic hydroxyl groups excluding tert-OH is 1. The minimum Gasteiger partial charge on any atom is -0.396 e. The molecule has 3 N–H and O–H groups in total. The molecule has 3 rings (SSSR count). The van der Waals surface area contributed by atoms with Crippen LogP contribution in [0.5, 0.6) is 0 Å². The van der Waals surface area contributed by atoms with E-state index in [1.54, 1.807) is 6.08 Å². The Hall–Kier alpha value is -1.34. The van der Waals surface area contributed by atoms with Crippen LogP contribution in [0.4, 0.5) is 4.39 Å². The summed E-state index contributed by atoms with van der Waals surface area (Å²) in [6, 6.07) is 6.22. The number of nitrogens with two attached hydrogens (primary N) is 1. The lowest BCUT2D eigenvalue weighted by Gasteiger charge is -2.52. The lowest BCUT2D eigenvalue weighted by Crippen LogP contribution is -2.62. The van der Waals surface area contributed by atoms with Crippen LogP contribution in [-0.2, 0) is 0 Å². The maximum Gasteiger partial charge on any atom is 0.107 e. The van der Waals surface area contributed by atoms with Crippen LogP contribution in [0, 0.1) is 5.41 Å². The highest BCUT2D eigenvalue weighted by Crippen LogP contribution is 2.47. The molecule has 0 amide bonds. The Morgan fingerprint density at radius 3 is 2.59 bits per heavy atom. The van der Waals surface area contributed by atoms with Crippen LogP contribution in [0.1, 0.15) is 44.8 Å². The lowest BCUT2D eigenvalue weighted by atomic mass is 9.66. The van der Waals surface area contributed by atoms with Gasteiger partial charge in [-0.2, -0.15) is 0 Å². The molecule has 2 heterocycles. The molecule has 0 saturated carbocycles. The van der Waals surface area contributed by atoms with Crippen LogP contribution in [0.2, 0.25) is 0 Å². The summed E-state index contributed by atoms with van der Waals surface area (Å²) in [5.41, 5.74) is 6.62. The molecule has 1 aromatic rings. The SMILES string of the molecule is C[C@@H](N)[C@@]1(C)C(F)=CC1N1CCN(C(CCCCO)c2ccccn2)CC1. The number of aliphatic hydroxyl groups is 1. The molecule has 2 aliphatic rings. The summed E-state index contributed by atoms with van der Waals surface area (Å²) in [5.74, 6) is -0.0692. The first-order valence-corrected chi connectivity index (χ1v) is 10.1. The van der Waals surface area contributed by atoms with Gasteiger partial charge in [-0.1, -0.05) is 6.07 Å². The van der Waals surface area contributed by atoms with E-state index in [1.807, 2.05) is 32.2 Å². The van der Waals surface area contributed by atoms with E-state index >= 15 is 0 Å². The average Bonchev–Trinajstić information content (AvgIpc) is 2.69. The van der Waals surface area contributed by atoms with Crippen molar-refractivity contribution in [2.75, 3.05) is 32.8 Å². The van der Waals surface area contributed by atoms with E-state index in [0.29, 0.717) is 0 Å². The average molecular weight is 377 g/mol. The van der Waals surface area contributed by atoms with Crippen molar-refractivity contribution in [3.8, 4) is 0 Å². The standard InChI is InChI=1S/C21H33FN4O/c1-16(23)21(2)19(22)15-20(21)26-12-10-25(11-13-26)18(8-4-6-14-27)17-7-3-5-9-24-17/h3,5,7,9,15-16,18,20,27H,4,6,8,10-14,23H2,1-2H3/t16-,18?,20?,21+/m1/s1. The smallest absolute Gasteiger partial charge is 0.107 e. The topological polar surface area (TPSA) is 65.6 Å². The highest BCUT2D eigenvalue weighted by atomic mass is 19.1. The molecule has 5 nitrogen and oxygen atoms in total. The Bertz CT molecular complexity index is 630. The maximum atomic E-state index is 14.1. The third-order valence-electron chi connectivity index (χ3n) is 6.48. The van der Waals surface area contributed by atoms with Crippen LogP contribution < -0.4 is 5.73 Å². The van der Waals surface area contributed by atoms with Crippen molar-refractivity contribution in [1.29, 1.82) is 0 Å². The molecule has 1 aliphatic heterocycles. The molecule has 0 radical (unpaired) electrons. The summed E-state index contributed by atoms with van der Waals surface area (Å²) in [6.45, 7) is 7.74. The molecule has 1 aromatic heterocycles. The van der Waals surface area contributed by atoms with E-state index in [1.165, 1.54) is 0 Å². The van der Waals surface area contributed by atoms with E-state index in [9.17, 15) is 4.39 Å². The van der Waals surface area contributed by atoms with Gasteiger partial charge >= 0.3 is 0 Å². The summed E-state index contributed by atoms with van der Waals surface area (Å²) >= 11 is 0. The number of nitrogens with zero attached hydrogens (tertiary/aromatic N) is 3. The highest BCUT2D eigenvalue weighted by molar-refractivity contribution is 5.30. The maximum absolute atomic E-state index is 14.1. The second kappa shape index (κ2) is 8.78. The predicted molar refractivity (Wildman–Crippen MR) is 106 cm³/mol. The summed E-state index contributed by atoms with van der Waals surface area (Å²) < 4.78 is 14.1. The van der Waals surface area contributed by atoms with Crippen molar-refractivity contribution in [2.45, 2.75) is 51.2 Å². The van der Waals surface area contributed by atoms with Gasteiger partial charge < -0.3 is 10.8 Å². The van der Waals surface area contributed by atoms with Gasteiger partial charge in [0.1, 0.15) is 5.83 Å². The second-order valence-electron chi connectivity index (χ2n) is 8.09. The van der Waals surface area contributed by atoms with Crippen molar-refractivity contribution < 1.29 is 9.50 Å². The fraction of sp³-hybridized carbons (Fsp3) is 0.667. The number of piperazine rings is 1. The van der Waals surface area contributed by atoms with Crippen LogP contribution in [0.25, 0.3) is 0 Å². The van der Waals surface area contributed by atoms with Gasteiger partial charge in [-0.25, -0.2) is 4.39 Å². The summed E-state index contributed by atoms with van der Waals surface area (Å²) in [7, 11) is 0. The predicted octanol–water partition coefficient (Wildman–Crippen LogP) is 2.49. The quantitative estimate of drug-likeness (QED) is 0.683. The number of pyridine rings is 1. The molecular formula is C21H33FN4O. The largest absolute Gasteiger partial charge is 0.396 e. The Kier molecular flexibility index (Phi) is 6.63. The number of aromatic nitrogens is 1. The van der Waals surface area contributed by atoms with Gasteiger partial charge in [0.15, 0.2) is 0 Å². The summed E-state index contributed by atoms with van der Waals surface area (Å²) in [6.07, 6.45) is 6.38. The third kappa shape index (κ3) is 4.09. The minimum atomic E-state index is -0.566. The van der Waals surface area contributed by atoms with E-state index in [4.69, 9.17) is 10.8 Å². The Morgan fingerprint density at radius 1 is 1.30 bits per heavy atom.